The van der Waals surface area contributed by atoms with Crippen molar-refractivity contribution in [2.45, 2.75) is 6.18 Å². The number of carboxylic acid groups (broad SMARTS) is 1. The van der Waals surface area contributed by atoms with Gasteiger partial charge in [-0.1, -0.05) is 0 Å². The van der Waals surface area contributed by atoms with Crippen LogP contribution in [0.15, 0.2) is 0 Å². The van der Waals surface area contributed by atoms with Crippen LogP contribution in [-0.2, 0) is 13.2 Å². The van der Waals surface area contributed by atoms with Crippen molar-refractivity contribution in [1.82, 2.24) is 14.8 Å². The Bertz CT molecular complexity index is 343. The predicted octanol–water partition coefficient (Wildman–Crippen LogP) is 0.532. The van der Waals surface area contributed by atoms with Crippen LogP contribution in [-0.4, -0.2) is 25.8 Å². The number of nitrogens with zero attached hydrogens (tertiary/aromatic N) is 3. The van der Waals surface area contributed by atoms with E-state index < -0.39 is 23.8 Å². The van der Waals surface area contributed by atoms with E-state index in [-0.39, 0.29) is 0 Å². The van der Waals surface area contributed by atoms with Gasteiger partial charge in [-0.2, -0.15) is 13.2 Å². The maximum atomic E-state index is 12.0. The van der Waals surface area contributed by atoms with Crippen LogP contribution in [0.2, 0.25) is 0 Å². The predicted molar refractivity (Wildman–Crippen MR) is 33.0 cm³/mol. The summed E-state index contributed by atoms with van der Waals surface area (Å²) in [6.45, 7) is 0. The van der Waals surface area contributed by atoms with Gasteiger partial charge in [-0.25, -0.2) is 4.79 Å². The Balaban J connectivity index is 3.22. The molecule has 13 heavy (non-hydrogen) atoms. The second-order valence-corrected chi connectivity index (χ2v) is 2.21. The van der Waals surface area contributed by atoms with Crippen LogP contribution >= 0.6 is 0 Å². The number of aromatic nitrogens is 3. The van der Waals surface area contributed by atoms with E-state index in [2.05, 4.69) is 10.2 Å². The van der Waals surface area contributed by atoms with Gasteiger partial charge in [0.25, 0.3) is 0 Å². The Hall–Kier alpha value is -1.60. The first-order valence-corrected chi connectivity index (χ1v) is 3.04. The Morgan fingerprint density at radius 1 is 1.46 bits per heavy atom. The minimum Gasteiger partial charge on any atom is -0.475 e. The molecular formula is C5H4F3N3O2. The van der Waals surface area contributed by atoms with Crippen molar-refractivity contribution in [1.29, 1.82) is 0 Å². The van der Waals surface area contributed by atoms with E-state index in [1.807, 2.05) is 0 Å². The fourth-order valence-corrected chi connectivity index (χ4v) is 0.762. The molecule has 5 nitrogen and oxygen atoms in total. The summed E-state index contributed by atoms with van der Waals surface area (Å²) in [4.78, 5) is 10.3. The average molecular weight is 195 g/mol. The summed E-state index contributed by atoms with van der Waals surface area (Å²) in [6.07, 6.45) is -4.69. The van der Waals surface area contributed by atoms with Crippen molar-refractivity contribution in [3.05, 3.63) is 11.6 Å². The Morgan fingerprint density at radius 2 is 2.00 bits per heavy atom. The molecule has 0 bridgehead atoms. The lowest BCUT2D eigenvalue weighted by atomic mass is 10.5. The second kappa shape index (κ2) is 2.71. The summed E-state index contributed by atoms with van der Waals surface area (Å²) in [5, 5.41) is 13.9. The van der Waals surface area contributed by atoms with E-state index in [1.54, 1.807) is 0 Å². The molecule has 1 heterocycles. The van der Waals surface area contributed by atoms with Gasteiger partial charge in [0, 0.05) is 7.05 Å². The lowest BCUT2D eigenvalue weighted by Gasteiger charge is -2.04. The highest BCUT2D eigenvalue weighted by molar-refractivity contribution is 5.83. The van der Waals surface area contributed by atoms with Crippen molar-refractivity contribution in [2.75, 3.05) is 0 Å². The Kier molecular flexibility index (Phi) is 1.98. The third-order valence-corrected chi connectivity index (χ3v) is 1.32. The fraction of sp³-hybridized carbons (Fsp3) is 0.400. The van der Waals surface area contributed by atoms with Gasteiger partial charge in [0.15, 0.2) is 0 Å². The molecule has 1 N–H and O–H groups in total. The van der Waals surface area contributed by atoms with Crippen LogP contribution in [0.25, 0.3) is 0 Å². The van der Waals surface area contributed by atoms with E-state index in [9.17, 15) is 18.0 Å². The molecule has 1 rings (SSSR count). The van der Waals surface area contributed by atoms with Gasteiger partial charge >= 0.3 is 12.1 Å². The average Bonchev–Trinajstić information content (AvgIpc) is 2.28. The van der Waals surface area contributed by atoms with Crippen LogP contribution in [0, 0.1) is 0 Å². The molecule has 0 aliphatic rings. The van der Waals surface area contributed by atoms with E-state index in [1.165, 1.54) is 0 Å². The molecular weight excluding hydrogens is 191 g/mol. The number of carbonyl (C=O) groups is 1. The molecule has 1 aromatic rings. The maximum absolute atomic E-state index is 12.0. The molecule has 0 atom stereocenters. The second-order valence-electron chi connectivity index (χ2n) is 2.21. The zero-order chi connectivity index (χ0) is 10.2. The highest BCUT2D eigenvalue weighted by Crippen LogP contribution is 2.27. The molecule has 0 fully saturated rings. The molecule has 0 aromatic carbocycles. The van der Waals surface area contributed by atoms with Crippen LogP contribution in [0.5, 0.6) is 0 Å². The third kappa shape index (κ3) is 1.60. The van der Waals surface area contributed by atoms with Crippen LogP contribution in [0.3, 0.4) is 0 Å². The van der Waals surface area contributed by atoms with Gasteiger partial charge in [0.05, 0.1) is 0 Å². The van der Waals surface area contributed by atoms with Crippen molar-refractivity contribution >= 4 is 5.97 Å². The van der Waals surface area contributed by atoms with Gasteiger partial charge < -0.3 is 9.67 Å². The zero-order valence-corrected chi connectivity index (χ0v) is 6.33. The molecule has 0 saturated carbocycles. The number of rotatable bonds is 1. The lowest BCUT2D eigenvalue weighted by molar-refractivity contribution is -0.147. The van der Waals surface area contributed by atoms with Gasteiger partial charge in [-0.05, 0) is 0 Å². The number of hydrogen-bond acceptors (Lipinski definition) is 3. The van der Waals surface area contributed by atoms with Crippen LogP contribution in [0.4, 0.5) is 13.2 Å². The van der Waals surface area contributed by atoms with E-state index >= 15 is 0 Å². The smallest absolute Gasteiger partial charge is 0.451 e. The molecule has 1 aromatic heterocycles. The van der Waals surface area contributed by atoms with E-state index in [0.717, 1.165) is 7.05 Å². The molecule has 0 aliphatic carbocycles. The third-order valence-electron chi connectivity index (χ3n) is 1.32. The minimum absolute atomic E-state index is 0.377. The fourth-order valence-electron chi connectivity index (χ4n) is 0.762. The number of hydrogen-bond donors (Lipinski definition) is 1. The zero-order valence-electron chi connectivity index (χ0n) is 6.33. The number of alkyl halides is 3. The summed E-state index contributed by atoms with van der Waals surface area (Å²) >= 11 is 0. The van der Waals surface area contributed by atoms with Gasteiger partial charge in [-0.15, -0.1) is 10.2 Å². The molecule has 0 spiro atoms. The SMILES string of the molecule is Cn1c(C(=O)O)nnc1C(F)(F)F. The summed E-state index contributed by atoms with van der Waals surface area (Å²) in [5.74, 6) is -3.62. The Morgan fingerprint density at radius 3 is 2.23 bits per heavy atom. The van der Waals surface area contributed by atoms with Gasteiger partial charge in [0.2, 0.25) is 11.6 Å². The maximum Gasteiger partial charge on any atom is 0.451 e. The molecule has 0 saturated heterocycles. The Labute approximate surface area is 69.8 Å². The van der Waals surface area contributed by atoms with Crippen molar-refractivity contribution in [2.24, 2.45) is 7.05 Å². The highest BCUT2D eigenvalue weighted by atomic mass is 19.4. The number of carboxylic acids is 1. The molecule has 0 amide bonds. The van der Waals surface area contributed by atoms with E-state index in [4.69, 9.17) is 5.11 Å². The number of aromatic carboxylic acids is 1. The van der Waals surface area contributed by atoms with Crippen LogP contribution < -0.4 is 0 Å². The van der Waals surface area contributed by atoms with Crippen molar-refractivity contribution in [3.8, 4) is 0 Å². The summed E-state index contributed by atoms with van der Waals surface area (Å²) in [7, 11) is 0.937. The minimum atomic E-state index is -4.69. The van der Waals surface area contributed by atoms with Gasteiger partial charge in [-0.3, -0.25) is 0 Å². The highest BCUT2D eigenvalue weighted by Gasteiger charge is 2.38. The monoisotopic (exact) mass is 195 g/mol. The van der Waals surface area contributed by atoms with Crippen LogP contribution in [0.1, 0.15) is 16.4 Å². The topological polar surface area (TPSA) is 68.0 Å². The quantitative estimate of drug-likeness (QED) is 0.709. The lowest BCUT2D eigenvalue weighted by Crippen LogP contribution is -2.15. The number of halogens is 3. The van der Waals surface area contributed by atoms with Gasteiger partial charge in [0.1, 0.15) is 0 Å². The molecule has 0 unspecified atom stereocenters. The molecule has 8 heteroatoms. The van der Waals surface area contributed by atoms with Crippen molar-refractivity contribution < 1.29 is 23.1 Å². The van der Waals surface area contributed by atoms with E-state index in [0.29, 0.717) is 4.57 Å². The normalized spacial score (nSPS) is 11.7. The molecule has 0 aliphatic heterocycles. The summed E-state index contributed by atoms with van der Waals surface area (Å²) < 4.78 is 36.4. The first-order chi connectivity index (χ1) is 5.84. The standard InChI is InChI=1S/C5H4F3N3O2/c1-11-2(3(12)13)9-10-4(11)5(6,7)8/h1H3,(H,12,13). The summed E-state index contributed by atoms with van der Waals surface area (Å²) in [6, 6.07) is 0. The molecule has 72 valence electrons. The van der Waals surface area contributed by atoms with Crippen molar-refractivity contribution in [3.63, 3.8) is 0 Å². The molecule has 0 radical (unpaired) electrons. The first kappa shape index (κ1) is 9.49. The first-order valence-electron chi connectivity index (χ1n) is 3.04. The summed E-state index contributed by atoms with van der Waals surface area (Å²) in [5.41, 5.74) is 0. The largest absolute Gasteiger partial charge is 0.475 e.